The number of hydrogen-bond acceptors (Lipinski definition) is 4. The van der Waals surface area contributed by atoms with Crippen molar-refractivity contribution in [1.82, 2.24) is 4.98 Å². The number of nitrogens with zero attached hydrogens (tertiary/aromatic N) is 2. The van der Waals surface area contributed by atoms with Gasteiger partial charge in [0.1, 0.15) is 5.82 Å². The Hall–Kier alpha value is -2.27. The van der Waals surface area contributed by atoms with Gasteiger partial charge in [-0.25, -0.2) is 4.39 Å². The van der Waals surface area contributed by atoms with Gasteiger partial charge >= 0.3 is 0 Å². The molecule has 130 valence electrons. The summed E-state index contributed by atoms with van der Waals surface area (Å²) < 4.78 is 14.6. The molecule has 2 N–H and O–H groups in total. The van der Waals surface area contributed by atoms with Crippen LogP contribution < -0.4 is 5.32 Å². The van der Waals surface area contributed by atoms with Crippen molar-refractivity contribution in [2.75, 3.05) is 18.4 Å². The number of nitrogens with one attached hydrogen (secondary N) is 1. The Morgan fingerprint density at radius 1 is 1.32 bits per heavy atom. The largest absolute Gasteiger partial charge is 0.390 e. The standard InChI is InChI=1S/C20H22FN3O/c1-12-5-18(23-10-13-8-20(2,25)9-13)16-6-17(21)15(7-19(16)24-12)14-3-4-22-11-14/h3-7,13,25H,8-11H2,1-2H3,(H,23,24). The zero-order chi connectivity index (χ0) is 17.6. The molecule has 1 aliphatic carbocycles. The fraction of sp³-hybridized carbons (Fsp3) is 0.400. The third kappa shape index (κ3) is 3.16. The minimum Gasteiger partial charge on any atom is -0.390 e. The summed E-state index contributed by atoms with van der Waals surface area (Å²) in [6.45, 7) is 5.10. The van der Waals surface area contributed by atoms with Gasteiger partial charge in [-0.05, 0) is 62.5 Å². The zero-order valence-electron chi connectivity index (χ0n) is 14.5. The van der Waals surface area contributed by atoms with Crippen molar-refractivity contribution >= 4 is 28.4 Å². The van der Waals surface area contributed by atoms with Crippen molar-refractivity contribution in [2.45, 2.75) is 32.3 Å². The SMILES string of the molecule is Cc1cc(NCC2CC(C)(O)C2)c2cc(F)c(C3=CC=NC3)cc2n1. The summed E-state index contributed by atoms with van der Waals surface area (Å²) in [6.07, 6.45) is 5.16. The Bertz CT molecular complexity index is 893. The molecule has 2 heterocycles. The van der Waals surface area contributed by atoms with Crippen molar-refractivity contribution in [3.05, 3.63) is 41.3 Å². The molecule has 4 rings (SSSR count). The lowest BCUT2D eigenvalue weighted by Gasteiger charge is -2.41. The number of halogens is 1. The zero-order valence-corrected chi connectivity index (χ0v) is 14.5. The van der Waals surface area contributed by atoms with Crippen molar-refractivity contribution in [3.8, 4) is 0 Å². The molecule has 1 aromatic heterocycles. The molecule has 1 fully saturated rings. The molecular weight excluding hydrogens is 317 g/mol. The van der Waals surface area contributed by atoms with Crippen LogP contribution in [0.25, 0.3) is 16.5 Å². The topological polar surface area (TPSA) is 57.5 Å². The van der Waals surface area contributed by atoms with Crippen molar-refractivity contribution in [1.29, 1.82) is 0 Å². The third-order valence-electron chi connectivity index (χ3n) is 5.05. The molecule has 0 saturated heterocycles. The number of hydrogen-bond donors (Lipinski definition) is 2. The fourth-order valence-electron chi connectivity index (χ4n) is 3.88. The highest BCUT2D eigenvalue weighted by atomic mass is 19.1. The van der Waals surface area contributed by atoms with Crippen molar-refractivity contribution in [2.24, 2.45) is 10.9 Å². The van der Waals surface area contributed by atoms with Crippen LogP contribution in [0.2, 0.25) is 0 Å². The summed E-state index contributed by atoms with van der Waals surface area (Å²) in [4.78, 5) is 8.72. The second-order valence-electron chi connectivity index (χ2n) is 7.49. The molecule has 2 aromatic rings. The van der Waals surface area contributed by atoms with E-state index in [1.54, 1.807) is 12.3 Å². The van der Waals surface area contributed by atoms with E-state index in [1.807, 2.05) is 32.1 Å². The second kappa shape index (κ2) is 5.92. The molecule has 0 bridgehead atoms. The average Bonchev–Trinajstić information content (AvgIpc) is 3.04. The lowest BCUT2D eigenvalue weighted by Crippen LogP contribution is -2.43. The number of rotatable bonds is 4. The van der Waals surface area contributed by atoms with Crippen LogP contribution >= 0.6 is 0 Å². The molecular formula is C20H22FN3O. The van der Waals surface area contributed by atoms with Crippen LogP contribution in [0.3, 0.4) is 0 Å². The number of pyridine rings is 1. The van der Waals surface area contributed by atoms with Crippen LogP contribution in [-0.4, -0.2) is 35.0 Å². The molecule has 25 heavy (non-hydrogen) atoms. The minimum absolute atomic E-state index is 0.246. The molecule has 4 nitrogen and oxygen atoms in total. The van der Waals surface area contributed by atoms with E-state index in [4.69, 9.17) is 0 Å². The van der Waals surface area contributed by atoms with Gasteiger partial charge in [0.25, 0.3) is 0 Å². The maximum Gasteiger partial charge on any atom is 0.131 e. The highest BCUT2D eigenvalue weighted by molar-refractivity contribution is 5.96. The van der Waals surface area contributed by atoms with Gasteiger partial charge in [-0.2, -0.15) is 0 Å². The molecule has 0 radical (unpaired) electrons. The highest BCUT2D eigenvalue weighted by Crippen LogP contribution is 2.38. The Morgan fingerprint density at radius 2 is 2.12 bits per heavy atom. The predicted molar refractivity (Wildman–Crippen MR) is 99.6 cm³/mol. The summed E-state index contributed by atoms with van der Waals surface area (Å²) in [5.74, 6) is 0.202. The molecule has 0 atom stereocenters. The van der Waals surface area contributed by atoms with E-state index >= 15 is 0 Å². The number of aliphatic imine (C=N–C) groups is 1. The molecule has 2 aliphatic rings. The van der Waals surface area contributed by atoms with Crippen LogP contribution in [0.15, 0.2) is 29.3 Å². The van der Waals surface area contributed by atoms with Crippen molar-refractivity contribution < 1.29 is 9.50 Å². The molecule has 0 unspecified atom stereocenters. The number of fused-ring (bicyclic) bond motifs is 1. The maximum absolute atomic E-state index is 14.6. The Labute approximate surface area is 146 Å². The van der Waals surface area contributed by atoms with E-state index < -0.39 is 5.60 Å². The number of anilines is 1. The van der Waals surface area contributed by atoms with Gasteiger partial charge in [0.05, 0.1) is 17.7 Å². The van der Waals surface area contributed by atoms with Crippen LogP contribution in [-0.2, 0) is 0 Å². The normalized spacial score (nSPS) is 25.1. The van der Waals surface area contributed by atoms with Crippen LogP contribution in [0, 0.1) is 18.7 Å². The van der Waals surface area contributed by atoms with E-state index in [0.717, 1.165) is 47.2 Å². The number of aryl methyl sites for hydroxylation is 1. The quantitative estimate of drug-likeness (QED) is 0.892. The van der Waals surface area contributed by atoms with E-state index in [2.05, 4.69) is 15.3 Å². The molecule has 0 amide bonds. The van der Waals surface area contributed by atoms with E-state index in [-0.39, 0.29) is 5.82 Å². The predicted octanol–water partition coefficient (Wildman–Crippen LogP) is 3.72. The summed E-state index contributed by atoms with van der Waals surface area (Å²) >= 11 is 0. The molecule has 1 aliphatic heterocycles. The summed E-state index contributed by atoms with van der Waals surface area (Å²) in [5.41, 5.74) is 3.51. The van der Waals surface area contributed by atoms with Gasteiger partial charge in [0, 0.05) is 35.1 Å². The number of aliphatic hydroxyl groups is 1. The summed E-state index contributed by atoms with van der Waals surface area (Å²) in [7, 11) is 0. The lowest BCUT2D eigenvalue weighted by molar-refractivity contribution is -0.0523. The first kappa shape index (κ1) is 16.2. The van der Waals surface area contributed by atoms with E-state index in [0.29, 0.717) is 18.0 Å². The first-order chi connectivity index (χ1) is 11.9. The molecule has 5 heteroatoms. The number of benzene rings is 1. The molecule has 0 spiro atoms. The Morgan fingerprint density at radius 3 is 2.80 bits per heavy atom. The minimum atomic E-state index is -0.527. The number of allylic oxidation sites excluding steroid dienone is 1. The van der Waals surface area contributed by atoms with Crippen LogP contribution in [0.1, 0.15) is 31.0 Å². The number of aromatic nitrogens is 1. The second-order valence-corrected chi connectivity index (χ2v) is 7.49. The maximum atomic E-state index is 14.6. The first-order valence-corrected chi connectivity index (χ1v) is 8.68. The van der Waals surface area contributed by atoms with E-state index in [9.17, 15) is 9.50 Å². The van der Waals surface area contributed by atoms with Gasteiger partial charge in [0.15, 0.2) is 0 Å². The van der Waals surface area contributed by atoms with Crippen molar-refractivity contribution in [3.63, 3.8) is 0 Å². The monoisotopic (exact) mass is 339 g/mol. The fourth-order valence-corrected chi connectivity index (χ4v) is 3.88. The summed E-state index contributed by atoms with van der Waals surface area (Å²) in [6, 6.07) is 5.34. The van der Waals surface area contributed by atoms with Crippen LogP contribution in [0.5, 0.6) is 0 Å². The van der Waals surface area contributed by atoms with Gasteiger partial charge in [-0.15, -0.1) is 0 Å². The van der Waals surface area contributed by atoms with Gasteiger partial charge in [-0.1, -0.05) is 0 Å². The van der Waals surface area contributed by atoms with Gasteiger partial charge in [0.2, 0.25) is 0 Å². The summed E-state index contributed by atoms with van der Waals surface area (Å²) in [5, 5.41) is 14.1. The first-order valence-electron chi connectivity index (χ1n) is 8.68. The Kier molecular flexibility index (Phi) is 3.84. The molecule has 1 aromatic carbocycles. The lowest BCUT2D eigenvalue weighted by atomic mass is 9.72. The Balaban J connectivity index is 1.64. The molecule has 1 saturated carbocycles. The van der Waals surface area contributed by atoms with E-state index in [1.165, 1.54) is 0 Å². The van der Waals surface area contributed by atoms with Gasteiger partial charge in [-0.3, -0.25) is 9.98 Å². The van der Waals surface area contributed by atoms with Gasteiger partial charge < -0.3 is 10.4 Å². The third-order valence-corrected chi connectivity index (χ3v) is 5.05. The van der Waals surface area contributed by atoms with Crippen LogP contribution in [0.4, 0.5) is 10.1 Å². The average molecular weight is 339 g/mol. The smallest absolute Gasteiger partial charge is 0.131 e. The highest BCUT2D eigenvalue weighted by Gasteiger charge is 2.37.